The number of rotatable bonds is 3. The quantitative estimate of drug-likeness (QED) is 0.512. The van der Waals surface area contributed by atoms with Crippen LogP contribution in [0.4, 0.5) is 0 Å². The van der Waals surface area contributed by atoms with Crippen molar-refractivity contribution in [3.63, 3.8) is 0 Å². The molecule has 2 aromatic rings. The number of carbonyl (C=O) groups excluding carboxylic acids is 1. The summed E-state index contributed by atoms with van der Waals surface area (Å²) in [6, 6.07) is 8.14. The van der Waals surface area contributed by atoms with E-state index in [1.807, 2.05) is 4.98 Å². The molecule has 1 amide bonds. The summed E-state index contributed by atoms with van der Waals surface area (Å²) in [5.74, 6) is 0.533. The minimum Gasteiger partial charge on any atom is -0.485 e. The number of ether oxygens (including phenoxy) is 2. The van der Waals surface area contributed by atoms with E-state index in [1.165, 1.54) is 0 Å². The number of nitrogens with one attached hydrogen (secondary N) is 3. The fourth-order valence-corrected chi connectivity index (χ4v) is 1.94. The zero-order chi connectivity index (χ0) is 16.2. The molecule has 1 aliphatic rings. The number of nitrogens with zero attached hydrogens (tertiary/aromatic N) is 1. The van der Waals surface area contributed by atoms with Gasteiger partial charge in [0.2, 0.25) is 6.10 Å². The molecule has 1 aliphatic heterocycles. The fourth-order valence-electron chi connectivity index (χ4n) is 1.94. The van der Waals surface area contributed by atoms with Crippen molar-refractivity contribution < 1.29 is 14.3 Å². The lowest BCUT2D eigenvalue weighted by Crippen LogP contribution is -2.42. The van der Waals surface area contributed by atoms with Crippen molar-refractivity contribution in [3.8, 4) is 11.5 Å². The van der Waals surface area contributed by atoms with Crippen molar-refractivity contribution in [2.24, 2.45) is 5.10 Å². The summed E-state index contributed by atoms with van der Waals surface area (Å²) in [6.45, 7) is 0.0558. The van der Waals surface area contributed by atoms with E-state index in [2.05, 4.69) is 15.5 Å². The van der Waals surface area contributed by atoms with Gasteiger partial charge in [-0.3, -0.25) is 14.6 Å². The first-order valence-corrected chi connectivity index (χ1v) is 6.67. The molecule has 1 aromatic heterocycles. The van der Waals surface area contributed by atoms with Crippen molar-refractivity contribution in [1.82, 2.24) is 15.4 Å². The normalized spacial score (nSPS) is 16.3. The minimum absolute atomic E-state index is 0.0558. The number of H-pyrrole nitrogens is 2. The lowest BCUT2D eigenvalue weighted by Gasteiger charge is -2.24. The van der Waals surface area contributed by atoms with Gasteiger partial charge in [0.15, 0.2) is 11.5 Å². The number of fused-ring (bicyclic) bond motifs is 1. The Morgan fingerprint density at radius 1 is 1.26 bits per heavy atom. The first-order valence-electron chi connectivity index (χ1n) is 6.67. The summed E-state index contributed by atoms with van der Waals surface area (Å²) in [7, 11) is 0. The lowest BCUT2D eigenvalue weighted by molar-refractivity contribution is -0.130. The van der Waals surface area contributed by atoms with Crippen LogP contribution in [0, 0.1) is 0 Å². The van der Waals surface area contributed by atoms with Gasteiger partial charge in [0.1, 0.15) is 6.61 Å². The zero-order valence-electron chi connectivity index (χ0n) is 11.7. The number of para-hydroxylation sites is 2. The van der Waals surface area contributed by atoms with Crippen LogP contribution in [-0.2, 0) is 4.79 Å². The minimum atomic E-state index is -0.847. The highest BCUT2D eigenvalue weighted by atomic mass is 16.6. The molecule has 118 valence electrons. The number of carbonyl (C=O) groups is 1. The van der Waals surface area contributed by atoms with Gasteiger partial charge in [0.25, 0.3) is 11.5 Å². The number of hydrogen-bond acceptors (Lipinski definition) is 6. The Morgan fingerprint density at radius 2 is 2.04 bits per heavy atom. The van der Waals surface area contributed by atoms with Crippen molar-refractivity contribution >= 4 is 12.1 Å². The van der Waals surface area contributed by atoms with E-state index in [0.29, 0.717) is 11.5 Å². The third-order valence-corrected chi connectivity index (χ3v) is 2.96. The molecule has 0 radical (unpaired) electrons. The Morgan fingerprint density at radius 3 is 2.83 bits per heavy atom. The smallest absolute Gasteiger partial charge is 0.326 e. The summed E-state index contributed by atoms with van der Waals surface area (Å²) >= 11 is 0. The molecule has 0 spiro atoms. The number of aromatic nitrogens is 2. The largest absolute Gasteiger partial charge is 0.485 e. The van der Waals surface area contributed by atoms with Crippen LogP contribution in [0.3, 0.4) is 0 Å². The monoisotopic (exact) mass is 316 g/mol. The first kappa shape index (κ1) is 14.6. The summed E-state index contributed by atoms with van der Waals surface area (Å²) in [4.78, 5) is 38.5. The molecule has 1 atom stereocenters. The predicted molar refractivity (Wildman–Crippen MR) is 79.8 cm³/mol. The van der Waals surface area contributed by atoms with Gasteiger partial charge in [-0.25, -0.2) is 10.2 Å². The molecule has 9 nitrogen and oxygen atoms in total. The molecule has 9 heteroatoms. The molecule has 0 aliphatic carbocycles. The molecule has 23 heavy (non-hydrogen) atoms. The molecule has 0 saturated carbocycles. The van der Waals surface area contributed by atoms with E-state index in [-0.39, 0.29) is 12.3 Å². The Balaban J connectivity index is 1.63. The standard InChI is InChI=1S/C14H12N4O5/c19-12-5-8(16-14(21)17-12)6-15-18-13(20)11-7-22-9-3-1-2-4-10(9)23-11/h1-6,11H,7H2,(H,18,20)(H2,16,17,19,21)/b15-6+. The van der Waals surface area contributed by atoms with Gasteiger partial charge in [0, 0.05) is 6.07 Å². The molecular formula is C14H12N4O5. The second kappa shape index (κ2) is 6.18. The number of hydrogen-bond donors (Lipinski definition) is 3. The molecular weight excluding hydrogens is 304 g/mol. The van der Waals surface area contributed by atoms with E-state index in [1.54, 1.807) is 24.3 Å². The number of benzene rings is 1. The van der Waals surface area contributed by atoms with Crippen LogP contribution in [0.25, 0.3) is 0 Å². The number of aromatic amines is 2. The molecule has 1 aromatic carbocycles. The van der Waals surface area contributed by atoms with Crippen LogP contribution in [0.15, 0.2) is 45.0 Å². The highest BCUT2D eigenvalue weighted by molar-refractivity contribution is 5.84. The maximum atomic E-state index is 12.0. The average Bonchev–Trinajstić information content (AvgIpc) is 2.53. The molecule has 3 rings (SSSR count). The van der Waals surface area contributed by atoms with Gasteiger partial charge >= 0.3 is 5.69 Å². The van der Waals surface area contributed by atoms with E-state index in [9.17, 15) is 14.4 Å². The summed E-state index contributed by atoms with van der Waals surface area (Å²) in [5, 5.41) is 3.67. The molecule has 0 saturated heterocycles. The average molecular weight is 316 g/mol. The van der Waals surface area contributed by atoms with Crippen molar-refractivity contribution in [1.29, 1.82) is 0 Å². The number of amides is 1. The van der Waals surface area contributed by atoms with Gasteiger partial charge in [0.05, 0.1) is 11.9 Å². The van der Waals surface area contributed by atoms with Gasteiger partial charge < -0.3 is 14.5 Å². The third-order valence-electron chi connectivity index (χ3n) is 2.96. The van der Waals surface area contributed by atoms with Crippen LogP contribution >= 0.6 is 0 Å². The van der Waals surface area contributed by atoms with Crippen LogP contribution in [0.1, 0.15) is 5.69 Å². The van der Waals surface area contributed by atoms with E-state index in [4.69, 9.17) is 9.47 Å². The molecule has 0 bridgehead atoms. The van der Waals surface area contributed by atoms with E-state index >= 15 is 0 Å². The van der Waals surface area contributed by atoms with Gasteiger partial charge in [-0.2, -0.15) is 5.10 Å². The van der Waals surface area contributed by atoms with E-state index in [0.717, 1.165) is 12.3 Å². The molecule has 3 N–H and O–H groups in total. The Hall–Kier alpha value is -3.36. The van der Waals surface area contributed by atoms with Crippen molar-refractivity contribution in [2.45, 2.75) is 6.10 Å². The Kier molecular flexibility index (Phi) is 3.91. The summed E-state index contributed by atoms with van der Waals surface area (Å²) < 4.78 is 10.9. The molecule has 1 unspecified atom stereocenters. The second-order valence-corrected chi connectivity index (χ2v) is 4.64. The molecule has 2 heterocycles. The Labute approximate surface area is 129 Å². The van der Waals surface area contributed by atoms with Gasteiger partial charge in [-0.1, -0.05) is 12.1 Å². The molecule has 0 fully saturated rings. The van der Waals surface area contributed by atoms with Gasteiger partial charge in [-0.05, 0) is 12.1 Å². The first-order chi connectivity index (χ1) is 11.1. The second-order valence-electron chi connectivity index (χ2n) is 4.64. The van der Waals surface area contributed by atoms with Crippen LogP contribution in [-0.4, -0.2) is 34.8 Å². The van der Waals surface area contributed by atoms with Crippen LogP contribution < -0.4 is 26.1 Å². The fraction of sp³-hybridized carbons (Fsp3) is 0.143. The SMILES string of the molecule is O=C(N/N=C/c1cc(=O)[nH]c(=O)[nH]1)C1COc2ccccc2O1. The van der Waals surface area contributed by atoms with Gasteiger partial charge in [-0.15, -0.1) is 0 Å². The van der Waals surface area contributed by atoms with Crippen molar-refractivity contribution in [2.75, 3.05) is 6.61 Å². The lowest BCUT2D eigenvalue weighted by atomic mass is 10.2. The maximum absolute atomic E-state index is 12.0. The van der Waals surface area contributed by atoms with Crippen LogP contribution in [0.2, 0.25) is 0 Å². The third kappa shape index (κ3) is 3.46. The summed E-state index contributed by atoms with van der Waals surface area (Å²) in [5.41, 5.74) is 1.19. The zero-order valence-corrected chi connectivity index (χ0v) is 11.7. The summed E-state index contributed by atoms with van der Waals surface area (Å²) in [6.07, 6.45) is 0.298. The Bertz CT molecular complexity index is 841. The number of hydrazone groups is 1. The maximum Gasteiger partial charge on any atom is 0.326 e. The topological polar surface area (TPSA) is 126 Å². The van der Waals surface area contributed by atoms with Crippen LogP contribution in [0.5, 0.6) is 11.5 Å². The van der Waals surface area contributed by atoms with Crippen molar-refractivity contribution in [3.05, 3.63) is 56.9 Å². The highest BCUT2D eigenvalue weighted by Gasteiger charge is 2.26. The van der Waals surface area contributed by atoms with E-state index < -0.39 is 23.3 Å². The highest BCUT2D eigenvalue weighted by Crippen LogP contribution is 2.30. The predicted octanol–water partition coefficient (Wildman–Crippen LogP) is -0.647.